The average molecular weight is 241 g/mol. The molecule has 0 saturated carbocycles. The zero-order valence-corrected chi connectivity index (χ0v) is 9.38. The van der Waals surface area contributed by atoms with Gasteiger partial charge >= 0.3 is 0 Å². The highest BCUT2D eigenvalue weighted by atomic mass is 79.9. The van der Waals surface area contributed by atoms with Gasteiger partial charge in [0.2, 0.25) is 0 Å². The average Bonchev–Trinajstić information content (AvgIpc) is 1.87. The largest absolute Gasteiger partial charge is 1.00 e. The lowest BCUT2D eigenvalue weighted by Crippen LogP contribution is -3.00. The van der Waals surface area contributed by atoms with Gasteiger partial charge in [-0.05, 0) is 18.2 Å². The SMILES string of the molecule is CCCCCCSC(N)=[NH2+].[Br-]. The Morgan fingerprint density at radius 1 is 1.36 bits per heavy atom. The predicted molar refractivity (Wildman–Crippen MR) is 47.7 cm³/mol. The maximum atomic E-state index is 5.26. The van der Waals surface area contributed by atoms with Crippen molar-refractivity contribution in [2.24, 2.45) is 5.73 Å². The molecule has 4 heteroatoms. The van der Waals surface area contributed by atoms with Crippen LogP contribution in [0.2, 0.25) is 0 Å². The molecular weight excluding hydrogens is 224 g/mol. The number of nitrogens with two attached hydrogens (primary N) is 2. The van der Waals surface area contributed by atoms with E-state index in [0.717, 1.165) is 5.75 Å². The quantitative estimate of drug-likeness (QED) is 0.314. The van der Waals surface area contributed by atoms with E-state index in [9.17, 15) is 0 Å². The van der Waals surface area contributed by atoms with Gasteiger partial charge in [0, 0.05) is 5.75 Å². The fourth-order valence-electron chi connectivity index (χ4n) is 0.719. The van der Waals surface area contributed by atoms with Crippen molar-refractivity contribution in [2.45, 2.75) is 32.6 Å². The van der Waals surface area contributed by atoms with Crippen LogP contribution in [0.3, 0.4) is 0 Å². The van der Waals surface area contributed by atoms with Crippen LogP contribution in [0, 0.1) is 0 Å². The molecule has 0 aliphatic carbocycles. The lowest BCUT2D eigenvalue weighted by molar-refractivity contribution is -0.110. The van der Waals surface area contributed by atoms with Crippen LogP contribution in [0.1, 0.15) is 32.6 Å². The lowest BCUT2D eigenvalue weighted by atomic mass is 10.2. The third kappa shape index (κ3) is 13.3. The Kier molecular flexibility index (Phi) is 13.0. The van der Waals surface area contributed by atoms with Gasteiger partial charge < -0.3 is 17.0 Å². The molecule has 0 aliphatic rings. The predicted octanol–water partition coefficient (Wildman–Crippen LogP) is -2.62. The van der Waals surface area contributed by atoms with Crippen LogP contribution in [0.25, 0.3) is 0 Å². The van der Waals surface area contributed by atoms with Crippen molar-refractivity contribution >= 4 is 16.9 Å². The smallest absolute Gasteiger partial charge is 0.299 e. The second-order valence-corrected chi connectivity index (χ2v) is 3.48. The third-order valence-electron chi connectivity index (χ3n) is 1.27. The summed E-state index contributed by atoms with van der Waals surface area (Å²) in [7, 11) is 0. The third-order valence-corrected chi connectivity index (χ3v) is 2.09. The molecule has 0 radical (unpaired) electrons. The van der Waals surface area contributed by atoms with E-state index >= 15 is 0 Å². The van der Waals surface area contributed by atoms with E-state index in [4.69, 9.17) is 11.1 Å². The minimum atomic E-state index is 0. The van der Waals surface area contributed by atoms with Crippen LogP contribution in [-0.2, 0) is 0 Å². The maximum Gasteiger partial charge on any atom is 0.299 e. The van der Waals surface area contributed by atoms with Crippen LogP contribution in [-0.4, -0.2) is 10.9 Å². The normalized spacial score (nSPS) is 8.82. The minimum absolute atomic E-state index is 0. The van der Waals surface area contributed by atoms with Gasteiger partial charge in [0.15, 0.2) is 0 Å². The van der Waals surface area contributed by atoms with E-state index in [1.807, 2.05) is 0 Å². The molecule has 0 bridgehead atoms. The molecular formula is C7H17BrN2S. The Hall–Kier alpha value is 0.300. The van der Waals surface area contributed by atoms with Gasteiger partial charge in [-0.1, -0.05) is 26.2 Å². The summed E-state index contributed by atoms with van der Waals surface area (Å²) in [5.74, 6) is 1.07. The van der Waals surface area contributed by atoms with Gasteiger partial charge in [-0.3, -0.25) is 11.1 Å². The van der Waals surface area contributed by atoms with Crippen LogP contribution >= 0.6 is 11.8 Å². The van der Waals surface area contributed by atoms with Crippen LogP contribution in [0.5, 0.6) is 0 Å². The molecule has 0 aromatic heterocycles. The summed E-state index contributed by atoms with van der Waals surface area (Å²) in [4.78, 5) is 0. The molecule has 2 nitrogen and oxygen atoms in total. The van der Waals surface area contributed by atoms with Gasteiger partial charge in [0.1, 0.15) is 0 Å². The standard InChI is InChI=1S/C7H16N2S.BrH/c1-2-3-4-5-6-10-7(8)9;/h2-6H2,1H3,(H3,8,9);1H. The Balaban J connectivity index is 0. The Morgan fingerprint density at radius 3 is 2.45 bits per heavy atom. The second kappa shape index (κ2) is 10.3. The summed E-state index contributed by atoms with van der Waals surface area (Å²) in [6.45, 7) is 2.20. The molecule has 0 rings (SSSR count). The molecule has 11 heavy (non-hydrogen) atoms. The monoisotopic (exact) mass is 240 g/mol. The topological polar surface area (TPSA) is 51.6 Å². The highest BCUT2D eigenvalue weighted by molar-refractivity contribution is 8.13. The van der Waals surface area contributed by atoms with E-state index in [0.29, 0.717) is 5.17 Å². The number of thioether (sulfide) groups is 1. The van der Waals surface area contributed by atoms with Gasteiger partial charge in [0.05, 0.1) is 0 Å². The van der Waals surface area contributed by atoms with Crippen molar-refractivity contribution in [3.63, 3.8) is 0 Å². The molecule has 0 unspecified atom stereocenters. The molecule has 0 amide bonds. The maximum absolute atomic E-state index is 5.26. The van der Waals surface area contributed by atoms with E-state index < -0.39 is 0 Å². The van der Waals surface area contributed by atoms with Crippen LogP contribution in [0.15, 0.2) is 0 Å². The summed E-state index contributed by atoms with van der Waals surface area (Å²) in [6.07, 6.45) is 5.14. The number of hydrogen-bond donors (Lipinski definition) is 2. The number of rotatable bonds is 5. The van der Waals surface area contributed by atoms with Crippen LogP contribution in [0.4, 0.5) is 0 Å². The lowest BCUT2D eigenvalue weighted by Gasteiger charge is -1.94. The van der Waals surface area contributed by atoms with Gasteiger partial charge in [0.25, 0.3) is 5.17 Å². The summed E-state index contributed by atoms with van der Waals surface area (Å²) in [6, 6.07) is 0. The van der Waals surface area contributed by atoms with Crippen molar-refractivity contribution < 1.29 is 22.4 Å². The number of halogens is 1. The number of unbranched alkanes of at least 4 members (excludes halogenated alkanes) is 3. The number of amidine groups is 1. The van der Waals surface area contributed by atoms with Crippen molar-refractivity contribution in [2.75, 3.05) is 5.75 Å². The van der Waals surface area contributed by atoms with E-state index in [1.165, 1.54) is 25.7 Å². The Morgan fingerprint density at radius 2 is 2.00 bits per heavy atom. The molecule has 0 heterocycles. The molecule has 0 aliphatic heterocycles. The van der Waals surface area contributed by atoms with Crippen molar-refractivity contribution in [1.29, 1.82) is 0 Å². The van der Waals surface area contributed by atoms with Crippen LogP contribution < -0.4 is 28.1 Å². The van der Waals surface area contributed by atoms with Gasteiger partial charge in [-0.2, -0.15) is 0 Å². The van der Waals surface area contributed by atoms with Gasteiger partial charge in [-0.25, -0.2) is 0 Å². The summed E-state index contributed by atoms with van der Waals surface area (Å²) in [5.41, 5.74) is 5.26. The first-order valence-electron chi connectivity index (χ1n) is 3.78. The molecule has 0 saturated heterocycles. The van der Waals surface area contributed by atoms with Crippen molar-refractivity contribution in [3.8, 4) is 0 Å². The summed E-state index contributed by atoms with van der Waals surface area (Å²) in [5, 5.41) is 5.76. The molecule has 0 fully saturated rings. The molecule has 0 aromatic rings. The van der Waals surface area contributed by atoms with E-state index in [2.05, 4.69) is 6.92 Å². The fourth-order valence-corrected chi connectivity index (χ4v) is 1.30. The second-order valence-electron chi connectivity index (χ2n) is 2.31. The molecule has 4 N–H and O–H groups in total. The molecule has 0 aromatic carbocycles. The Labute approximate surface area is 83.6 Å². The summed E-state index contributed by atoms with van der Waals surface area (Å²) >= 11 is 1.55. The summed E-state index contributed by atoms with van der Waals surface area (Å²) < 4.78 is 0. The molecule has 0 spiro atoms. The highest BCUT2D eigenvalue weighted by Crippen LogP contribution is 2.04. The van der Waals surface area contributed by atoms with Crippen molar-refractivity contribution in [1.82, 2.24) is 0 Å². The highest BCUT2D eigenvalue weighted by Gasteiger charge is 1.94. The van der Waals surface area contributed by atoms with E-state index in [-0.39, 0.29) is 17.0 Å². The minimum Gasteiger partial charge on any atom is -1.00 e. The fraction of sp³-hybridized carbons (Fsp3) is 0.857. The number of hydrogen-bond acceptors (Lipinski definition) is 1. The first-order chi connectivity index (χ1) is 4.77. The molecule has 68 valence electrons. The zero-order valence-electron chi connectivity index (χ0n) is 6.98. The first-order valence-corrected chi connectivity index (χ1v) is 4.76. The Bertz CT molecular complexity index is 98.4. The van der Waals surface area contributed by atoms with Crippen molar-refractivity contribution in [3.05, 3.63) is 0 Å². The molecule has 0 atom stereocenters. The zero-order chi connectivity index (χ0) is 7.82. The van der Waals surface area contributed by atoms with Gasteiger partial charge in [-0.15, -0.1) is 0 Å². The van der Waals surface area contributed by atoms with E-state index in [1.54, 1.807) is 11.8 Å². The first kappa shape index (κ1) is 13.9.